The molecule has 0 unspecified atom stereocenters. The zero-order chi connectivity index (χ0) is 17.2. The third-order valence-electron chi connectivity index (χ3n) is 4.59. The van der Waals surface area contributed by atoms with Gasteiger partial charge in [0.2, 0.25) is 5.91 Å². The summed E-state index contributed by atoms with van der Waals surface area (Å²) < 4.78 is 39.2. The first kappa shape index (κ1) is 17.0. The second-order valence-corrected chi connectivity index (χ2v) is 6.22. The van der Waals surface area contributed by atoms with Gasteiger partial charge in [-0.3, -0.25) is 9.69 Å². The highest BCUT2D eigenvalue weighted by Crippen LogP contribution is 2.34. The topological polar surface area (TPSA) is 39.7 Å². The lowest BCUT2D eigenvalue weighted by Gasteiger charge is -2.37. The van der Waals surface area contributed by atoms with E-state index in [0.29, 0.717) is 32.7 Å². The van der Waals surface area contributed by atoms with E-state index in [2.05, 4.69) is 4.98 Å². The van der Waals surface area contributed by atoms with Crippen molar-refractivity contribution in [2.45, 2.75) is 19.0 Å². The first-order valence-corrected chi connectivity index (χ1v) is 8.22. The van der Waals surface area contributed by atoms with E-state index in [-0.39, 0.29) is 11.6 Å². The molecule has 0 N–H and O–H groups in total. The fourth-order valence-corrected chi connectivity index (χ4v) is 3.28. The van der Waals surface area contributed by atoms with Crippen LogP contribution in [0.5, 0.6) is 0 Å². The van der Waals surface area contributed by atoms with Gasteiger partial charge >= 0.3 is 6.18 Å². The van der Waals surface area contributed by atoms with Crippen LogP contribution >= 0.6 is 0 Å². The van der Waals surface area contributed by atoms with E-state index in [1.165, 1.54) is 12.1 Å². The number of aromatic nitrogens is 1. The molecule has 24 heavy (non-hydrogen) atoms. The number of rotatable bonds is 3. The number of amides is 1. The third-order valence-corrected chi connectivity index (χ3v) is 4.59. The Morgan fingerprint density at radius 1 is 1.08 bits per heavy atom. The van der Waals surface area contributed by atoms with Crippen molar-refractivity contribution in [1.29, 1.82) is 0 Å². The highest BCUT2D eigenvalue weighted by Gasteiger charge is 2.37. The van der Waals surface area contributed by atoms with Crippen LogP contribution in [-0.2, 0) is 11.0 Å². The van der Waals surface area contributed by atoms with Crippen LogP contribution in [0.4, 0.5) is 18.9 Å². The number of carbonyl (C=O) groups is 1. The minimum Gasteiger partial charge on any atom is -0.367 e. The molecule has 8 heteroatoms. The van der Waals surface area contributed by atoms with Crippen LogP contribution < -0.4 is 4.90 Å². The Kier molecular flexibility index (Phi) is 4.93. The molecule has 0 saturated carbocycles. The standard InChI is InChI=1S/C16H21F3N4O/c17-16(18,19)15-13(4-3-5-20-15)22-10-8-21(9-11-22)12-14(24)23-6-1-2-7-23/h3-5H,1-2,6-12H2. The van der Waals surface area contributed by atoms with Crippen LogP contribution in [0.2, 0.25) is 0 Å². The van der Waals surface area contributed by atoms with Crippen molar-refractivity contribution >= 4 is 11.6 Å². The zero-order valence-corrected chi connectivity index (χ0v) is 13.4. The maximum Gasteiger partial charge on any atom is 0.435 e. The first-order chi connectivity index (χ1) is 11.4. The van der Waals surface area contributed by atoms with Gasteiger partial charge in [0.15, 0.2) is 5.69 Å². The summed E-state index contributed by atoms with van der Waals surface area (Å²) in [6.45, 7) is 4.07. The largest absolute Gasteiger partial charge is 0.435 e. The Morgan fingerprint density at radius 3 is 2.38 bits per heavy atom. The van der Waals surface area contributed by atoms with Crippen LogP contribution in [0.1, 0.15) is 18.5 Å². The van der Waals surface area contributed by atoms with Gasteiger partial charge in [0.1, 0.15) is 0 Å². The molecule has 0 radical (unpaired) electrons. The van der Waals surface area contributed by atoms with Gasteiger partial charge in [-0.25, -0.2) is 4.98 Å². The molecule has 3 heterocycles. The van der Waals surface area contributed by atoms with Crippen LogP contribution in [0, 0.1) is 0 Å². The lowest BCUT2D eigenvalue weighted by Crippen LogP contribution is -2.50. The Bertz CT molecular complexity index is 579. The Labute approximate surface area is 139 Å². The second kappa shape index (κ2) is 6.96. The number of nitrogens with zero attached hydrogens (tertiary/aromatic N) is 4. The minimum absolute atomic E-state index is 0.121. The van der Waals surface area contributed by atoms with E-state index in [9.17, 15) is 18.0 Å². The molecule has 0 aromatic carbocycles. The summed E-state index contributed by atoms with van der Waals surface area (Å²) in [6, 6.07) is 2.98. The van der Waals surface area contributed by atoms with Gasteiger partial charge in [-0.1, -0.05) is 0 Å². The van der Waals surface area contributed by atoms with E-state index < -0.39 is 11.9 Å². The number of carbonyl (C=O) groups excluding carboxylic acids is 1. The van der Waals surface area contributed by atoms with E-state index in [4.69, 9.17) is 0 Å². The average Bonchev–Trinajstić information content (AvgIpc) is 3.09. The van der Waals surface area contributed by atoms with Gasteiger partial charge in [-0.2, -0.15) is 13.2 Å². The van der Waals surface area contributed by atoms with E-state index in [1.54, 1.807) is 4.90 Å². The van der Waals surface area contributed by atoms with Gasteiger partial charge in [0.05, 0.1) is 12.2 Å². The molecule has 2 aliphatic rings. The molecule has 2 fully saturated rings. The fraction of sp³-hybridized carbons (Fsp3) is 0.625. The van der Waals surface area contributed by atoms with Crippen molar-refractivity contribution in [1.82, 2.24) is 14.8 Å². The van der Waals surface area contributed by atoms with Gasteiger partial charge in [0.25, 0.3) is 0 Å². The number of anilines is 1. The molecular weight excluding hydrogens is 321 g/mol. The van der Waals surface area contributed by atoms with Crippen molar-refractivity contribution < 1.29 is 18.0 Å². The van der Waals surface area contributed by atoms with Gasteiger partial charge < -0.3 is 9.80 Å². The number of piperazine rings is 1. The van der Waals surface area contributed by atoms with Gasteiger partial charge in [-0.05, 0) is 25.0 Å². The van der Waals surface area contributed by atoms with Gasteiger partial charge in [-0.15, -0.1) is 0 Å². The van der Waals surface area contributed by atoms with E-state index >= 15 is 0 Å². The smallest absolute Gasteiger partial charge is 0.367 e. The lowest BCUT2D eigenvalue weighted by atomic mass is 10.2. The predicted molar refractivity (Wildman–Crippen MR) is 83.7 cm³/mol. The highest BCUT2D eigenvalue weighted by atomic mass is 19.4. The average molecular weight is 342 g/mol. The fourth-order valence-electron chi connectivity index (χ4n) is 3.28. The highest BCUT2D eigenvalue weighted by molar-refractivity contribution is 5.78. The second-order valence-electron chi connectivity index (χ2n) is 6.22. The molecule has 0 bridgehead atoms. The molecule has 0 aliphatic carbocycles. The number of hydrogen-bond acceptors (Lipinski definition) is 4. The maximum absolute atomic E-state index is 13.1. The number of alkyl halides is 3. The van der Waals surface area contributed by atoms with Crippen molar-refractivity contribution in [2.24, 2.45) is 0 Å². The first-order valence-electron chi connectivity index (χ1n) is 8.22. The molecule has 3 rings (SSSR count). The summed E-state index contributed by atoms with van der Waals surface area (Å²) in [4.78, 5) is 21.3. The van der Waals surface area contributed by atoms with Crippen molar-refractivity contribution in [2.75, 3.05) is 50.7 Å². The number of hydrogen-bond donors (Lipinski definition) is 0. The van der Waals surface area contributed by atoms with Crippen LogP contribution in [0.25, 0.3) is 0 Å². The SMILES string of the molecule is O=C(CN1CCN(c2cccnc2C(F)(F)F)CC1)N1CCCC1. The summed E-state index contributed by atoms with van der Waals surface area (Å²) in [7, 11) is 0. The monoisotopic (exact) mass is 342 g/mol. The molecule has 0 atom stereocenters. The van der Waals surface area contributed by atoms with Crippen LogP contribution in [0.3, 0.4) is 0 Å². The lowest BCUT2D eigenvalue weighted by molar-refractivity contribution is -0.140. The number of halogens is 3. The van der Waals surface area contributed by atoms with Crippen LogP contribution in [0.15, 0.2) is 18.3 Å². The van der Waals surface area contributed by atoms with Gasteiger partial charge in [0, 0.05) is 45.5 Å². The molecule has 0 spiro atoms. The molecule has 2 aliphatic heterocycles. The van der Waals surface area contributed by atoms with E-state index in [0.717, 1.165) is 32.1 Å². The molecule has 1 amide bonds. The van der Waals surface area contributed by atoms with Crippen molar-refractivity contribution in [3.63, 3.8) is 0 Å². The number of pyridine rings is 1. The van der Waals surface area contributed by atoms with E-state index in [1.807, 2.05) is 9.80 Å². The Morgan fingerprint density at radius 2 is 1.75 bits per heavy atom. The number of likely N-dealkylation sites (tertiary alicyclic amines) is 1. The summed E-state index contributed by atoms with van der Waals surface area (Å²) >= 11 is 0. The predicted octanol–water partition coefficient (Wildman–Crippen LogP) is 1.84. The molecule has 132 valence electrons. The zero-order valence-electron chi connectivity index (χ0n) is 13.4. The molecular formula is C16H21F3N4O. The normalized spacial score (nSPS) is 19.8. The van der Waals surface area contributed by atoms with Crippen molar-refractivity contribution in [3.8, 4) is 0 Å². The Hall–Kier alpha value is -1.83. The Balaban J connectivity index is 1.58. The van der Waals surface area contributed by atoms with Crippen molar-refractivity contribution in [3.05, 3.63) is 24.0 Å². The minimum atomic E-state index is -4.46. The third kappa shape index (κ3) is 3.80. The summed E-state index contributed by atoms with van der Waals surface area (Å²) in [5.41, 5.74) is -0.720. The molecule has 1 aromatic heterocycles. The molecule has 1 aromatic rings. The summed E-state index contributed by atoms with van der Waals surface area (Å²) in [5.74, 6) is 0.123. The summed E-state index contributed by atoms with van der Waals surface area (Å²) in [5, 5.41) is 0. The molecule has 2 saturated heterocycles. The quantitative estimate of drug-likeness (QED) is 0.840. The molecule has 5 nitrogen and oxygen atoms in total. The van der Waals surface area contributed by atoms with Crippen LogP contribution in [-0.4, -0.2) is 66.5 Å². The summed E-state index contributed by atoms with van der Waals surface area (Å²) in [6.07, 6.45) is -1.18. The maximum atomic E-state index is 13.1.